The smallest absolute Gasteiger partial charge is 0.0622 e. The summed E-state index contributed by atoms with van der Waals surface area (Å²) >= 11 is 0. The van der Waals surface area contributed by atoms with Crippen LogP contribution >= 0.6 is 0 Å². The maximum atomic E-state index is 3.61. The fourth-order valence-electron chi connectivity index (χ4n) is 4.49. The van der Waals surface area contributed by atoms with Crippen LogP contribution in [0.25, 0.3) is 33.4 Å². The van der Waals surface area contributed by atoms with Crippen molar-refractivity contribution >= 4 is 11.1 Å². The Kier molecular flexibility index (Phi) is 4.52. The molecule has 0 heteroatoms. The summed E-state index contributed by atoms with van der Waals surface area (Å²) in [5, 5.41) is 0. The second-order valence-corrected chi connectivity index (χ2v) is 8.12. The van der Waals surface area contributed by atoms with E-state index in [2.05, 4.69) is 133 Å². The first kappa shape index (κ1) is 18.6. The molecule has 0 bridgehead atoms. The van der Waals surface area contributed by atoms with Gasteiger partial charge in [0.05, 0.1) is 17.0 Å². The molecular weight excluding hydrogens is 384 g/mol. The SMILES string of the molecule is C(#CC1C(c2ccccc2)=C1c1ccccc1)c1c(-c2ccccc2)[c+]1-c1ccccc1. The second-order valence-electron chi connectivity index (χ2n) is 8.12. The lowest BCUT2D eigenvalue weighted by Gasteiger charge is -1.92. The lowest BCUT2D eigenvalue weighted by Crippen LogP contribution is -1.80. The van der Waals surface area contributed by atoms with Crippen molar-refractivity contribution in [1.29, 1.82) is 0 Å². The Labute approximate surface area is 189 Å². The Morgan fingerprint density at radius 2 is 0.938 bits per heavy atom. The monoisotopic (exact) mass is 405 g/mol. The van der Waals surface area contributed by atoms with Crippen molar-refractivity contribution in [3.05, 3.63) is 138 Å². The lowest BCUT2D eigenvalue weighted by molar-refractivity contribution is 1.33. The molecule has 0 unspecified atom stereocenters. The number of hydrogen-bond donors (Lipinski definition) is 0. The van der Waals surface area contributed by atoms with Crippen LogP contribution in [0.1, 0.15) is 16.7 Å². The quantitative estimate of drug-likeness (QED) is 0.212. The zero-order valence-electron chi connectivity index (χ0n) is 17.6. The highest BCUT2D eigenvalue weighted by Gasteiger charge is 2.39. The Balaban J connectivity index is 1.39. The van der Waals surface area contributed by atoms with Gasteiger partial charge in [0, 0.05) is 5.92 Å². The van der Waals surface area contributed by atoms with Crippen LogP contribution in [-0.4, -0.2) is 0 Å². The van der Waals surface area contributed by atoms with Crippen LogP contribution in [-0.2, 0) is 0 Å². The van der Waals surface area contributed by atoms with Crippen molar-refractivity contribution in [3.8, 4) is 34.1 Å². The molecule has 0 N–H and O–H groups in total. The van der Waals surface area contributed by atoms with Crippen molar-refractivity contribution in [2.75, 3.05) is 0 Å². The van der Waals surface area contributed by atoms with E-state index in [4.69, 9.17) is 0 Å². The minimum Gasteiger partial charge on any atom is -0.0622 e. The van der Waals surface area contributed by atoms with Gasteiger partial charge in [-0.05, 0) is 64.6 Å². The van der Waals surface area contributed by atoms with Gasteiger partial charge in [0.2, 0.25) is 0 Å². The minimum atomic E-state index is 0.182. The van der Waals surface area contributed by atoms with E-state index in [9.17, 15) is 0 Å². The molecule has 1 aliphatic rings. The van der Waals surface area contributed by atoms with Gasteiger partial charge in [0.25, 0.3) is 0 Å². The van der Waals surface area contributed by atoms with Crippen LogP contribution < -0.4 is 0 Å². The first-order valence-electron chi connectivity index (χ1n) is 11.0. The van der Waals surface area contributed by atoms with Gasteiger partial charge in [0.15, 0.2) is 5.56 Å². The van der Waals surface area contributed by atoms with E-state index in [-0.39, 0.29) is 5.92 Å². The molecule has 0 fully saturated rings. The zero-order valence-corrected chi connectivity index (χ0v) is 17.6. The molecule has 0 saturated heterocycles. The van der Waals surface area contributed by atoms with E-state index < -0.39 is 0 Å². The van der Waals surface area contributed by atoms with E-state index in [0.717, 1.165) is 0 Å². The van der Waals surface area contributed by atoms with Crippen LogP contribution in [0.2, 0.25) is 0 Å². The van der Waals surface area contributed by atoms with Crippen LogP contribution in [0.3, 0.4) is 0 Å². The molecular formula is C32H21+. The summed E-state index contributed by atoms with van der Waals surface area (Å²) < 4.78 is 0. The zero-order chi connectivity index (χ0) is 21.3. The van der Waals surface area contributed by atoms with Crippen LogP contribution in [0.4, 0.5) is 0 Å². The summed E-state index contributed by atoms with van der Waals surface area (Å²) in [6, 6.07) is 42.5. The average Bonchev–Trinajstić information content (AvgIpc) is 3.78. The predicted octanol–water partition coefficient (Wildman–Crippen LogP) is 7.77. The molecule has 0 saturated carbocycles. The second kappa shape index (κ2) is 7.80. The molecule has 5 aromatic carbocycles. The van der Waals surface area contributed by atoms with Gasteiger partial charge < -0.3 is 0 Å². The van der Waals surface area contributed by atoms with Crippen molar-refractivity contribution in [3.63, 3.8) is 0 Å². The van der Waals surface area contributed by atoms with Gasteiger partial charge in [-0.2, -0.15) is 0 Å². The first-order chi connectivity index (χ1) is 15.9. The molecule has 0 atom stereocenters. The fourth-order valence-corrected chi connectivity index (χ4v) is 4.49. The maximum absolute atomic E-state index is 3.61. The molecule has 6 rings (SSSR count). The lowest BCUT2D eigenvalue weighted by atomic mass is 10.1. The summed E-state index contributed by atoms with van der Waals surface area (Å²) in [4.78, 5) is 0. The highest BCUT2D eigenvalue weighted by molar-refractivity contribution is 6.13. The molecule has 1 aliphatic carbocycles. The summed E-state index contributed by atoms with van der Waals surface area (Å²) in [6.45, 7) is 0. The molecule has 0 aromatic heterocycles. The number of hydrogen-bond acceptors (Lipinski definition) is 0. The average molecular weight is 406 g/mol. The standard InChI is InChI=1S/C32H21/c1-5-13-23(14-6-1)29-27(30(29)24-15-7-2-8-16-24)21-22-28-31(25-17-9-3-10-18-25)32(28)26-19-11-4-12-20-26/h1-20,27H/q+1. The largest absolute Gasteiger partial charge is 0.169 e. The van der Waals surface area contributed by atoms with Crippen molar-refractivity contribution in [2.45, 2.75) is 0 Å². The third-order valence-corrected chi connectivity index (χ3v) is 6.11. The van der Waals surface area contributed by atoms with Crippen LogP contribution in [0.15, 0.2) is 121 Å². The van der Waals surface area contributed by atoms with Crippen LogP contribution in [0, 0.1) is 17.8 Å². The van der Waals surface area contributed by atoms with Gasteiger partial charge in [0.1, 0.15) is 11.1 Å². The van der Waals surface area contributed by atoms with E-state index in [1.54, 1.807) is 0 Å². The molecule has 148 valence electrons. The van der Waals surface area contributed by atoms with E-state index in [0.29, 0.717) is 0 Å². The molecule has 0 nitrogen and oxygen atoms in total. The van der Waals surface area contributed by atoms with E-state index >= 15 is 0 Å². The fraction of sp³-hybridized carbons (Fsp3) is 0.0312. The Bertz CT molecular complexity index is 1320. The molecule has 0 heterocycles. The highest BCUT2D eigenvalue weighted by Crippen LogP contribution is 2.53. The Morgan fingerprint density at radius 1 is 0.500 bits per heavy atom. The molecule has 0 aliphatic heterocycles. The summed E-state index contributed by atoms with van der Waals surface area (Å²) in [5.74, 6) is 7.36. The molecule has 0 spiro atoms. The number of benzene rings is 4. The molecule has 0 radical (unpaired) electrons. The minimum absolute atomic E-state index is 0.182. The molecule has 0 amide bonds. The topological polar surface area (TPSA) is 0 Å². The summed E-state index contributed by atoms with van der Waals surface area (Å²) in [7, 11) is 0. The van der Waals surface area contributed by atoms with Crippen LogP contribution in [0.5, 0.6) is 0 Å². The summed E-state index contributed by atoms with van der Waals surface area (Å²) in [6.07, 6.45) is 0. The van der Waals surface area contributed by atoms with Crippen molar-refractivity contribution < 1.29 is 0 Å². The normalized spacial score (nSPS) is 13.1. The van der Waals surface area contributed by atoms with Gasteiger partial charge in [-0.1, -0.05) is 84.9 Å². The Morgan fingerprint density at radius 3 is 1.44 bits per heavy atom. The first-order valence-corrected chi connectivity index (χ1v) is 11.0. The van der Waals surface area contributed by atoms with Gasteiger partial charge >= 0.3 is 0 Å². The van der Waals surface area contributed by atoms with Gasteiger partial charge in [-0.3, -0.25) is 0 Å². The number of allylic oxidation sites excluding steroid dienone is 2. The van der Waals surface area contributed by atoms with Crippen molar-refractivity contribution in [2.24, 2.45) is 5.92 Å². The van der Waals surface area contributed by atoms with E-state index in [1.807, 2.05) is 0 Å². The van der Waals surface area contributed by atoms with Gasteiger partial charge in [-0.15, -0.1) is 0 Å². The van der Waals surface area contributed by atoms with Crippen molar-refractivity contribution in [1.82, 2.24) is 0 Å². The summed E-state index contributed by atoms with van der Waals surface area (Å²) in [5.41, 5.74) is 11.5. The third-order valence-electron chi connectivity index (χ3n) is 6.11. The predicted molar refractivity (Wildman–Crippen MR) is 134 cm³/mol. The Hall–Kier alpha value is -4.21. The number of rotatable bonds is 4. The van der Waals surface area contributed by atoms with E-state index in [1.165, 1.54) is 50.1 Å². The molecule has 5 aromatic rings. The maximum Gasteiger partial charge on any atom is 0.169 e. The molecule has 32 heavy (non-hydrogen) atoms. The highest BCUT2D eigenvalue weighted by atomic mass is 14.4. The third kappa shape index (κ3) is 3.35. The van der Waals surface area contributed by atoms with Gasteiger partial charge in [-0.25, -0.2) is 0 Å².